The number of nitrogens with zero attached hydrogens (tertiary/aromatic N) is 1. The van der Waals surface area contributed by atoms with Gasteiger partial charge in [0.15, 0.2) is 5.13 Å². The van der Waals surface area contributed by atoms with Crippen molar-refractivity contribution in [2.24, 2.45) is 0 Å². The van der Waals surface area contributed by atoms with Crippen molar-refractivity contribution in [2.75, 3.05) is 11.9 Å². The van der Waals surface area contributed by atoms with E-state index in [4.69, 9.17) is 0 Å². The molecule has 0 atom stereocenters. The van der Waals surface area contributed by atoms with Crippen molar-refractivity contribution in [2.45, 2.75) is 6.92 Å². The molecule has 0 aliphatic rings. The molecule has 0 fully saturated rings. The molecule has 0 saturated carbocycles. The summed E-state index contributed by atoms with van der Waals surface area (Å²) >= 11 is 3.02. The number of carbonyl (C=O) groups excluding carboxylic acids is 2. The summed E-state index contributed by atoms with van der Waals surface area (Å²) in [6.45, 7) is 1.94. The van der Waals surface area contributed by atoms with E-state index in [2.05, 4.69) is 15.6 Å². The van der Waals surface area contributed by atoms with E-state index in [1.54, 1.807) is 35.6 Å². The molecule has 1 aromatic carbocycles. The molecule has 5 nitrogen and oxygen atoms in total. The van der Waals surface area contributed by atoms with Crippen LogP contribution in [0.25, 0.3) is 10.6 Å². The van der Waals surface area contributed by atoms with Crippen LogP contribution in [0.15, 0.2) is 47.8 Å². The van der Waals surface area contributed by atoms with E-state index < -0.39 is 0 Å². The maximum Gasteiger partial charge on any atom is 0.251 e. The molecule has 0 saturated heterocycles. The topological polar surface area (TPSA) is 71.1 Å². The first-order chi connectivity index (χ1) is 11.6. The van der Waals surface area contributed by atoms with E-state index in [0.29, 0.717) is 10.7 Å². The molecular formula is C17H15N3O2S2. The van der Waals surface area contributed by atoms with Crippen molar-refractivity contribution >= 4 is 39.6 Å². The van der Waals surface area contributed by atoms with Crippen molar-refractivity contribution in [3.05, 3.63) is 58.3 Å². The molecule has 122 valence electrons. The molecular weight excluding hydrogens is 342 g/mol. The second kappa shape index (κ2) is 7.37. The summed E-state index contributed by atoms with van der Waals surface area (Å²) in [7, 11) is 0. The van der Waals surface area contributed by atoms with Gasteiger partial charge in [0, 0.05) is 15.8 Å². The predicted octanol–water partition coefficient (Wildman–Crippen LogP) is 3.55. The van der Waals surface area contributed by atoms with Gasteiger partial charge in [-0.15, -0.1) is 22.7 Å². The third-order valence-electron chi connectivity index (χ3n) is 3.19. The number of thiophene rings is 1. The second-order valence-corrected chi connectivity index (χ2v) is 7.19. The van der Waals surface area contributed by atoms with E-state index >= 15 is 0 Å². The van der Waals surface area contributed by atoms with Gasteiger partial charge in [-0.05, 0) is 31.2 Å². The van der Waals surface area contributed by atoms with Gasteiger partial charge in [-0.3, -0.25) is 9.59 Å². The Morgan fingerprint density at radius 1 is 1.12 bits per heavy atom. The lowest BCUT2D eigenvalue weighted by molar-refractivity contribution is -0.115. The standard InChI is InChI=1S/C17H15N3O2S2/c1-11-7-8-14(24-11)13-10-23-17(19-13)20-15(21)9-18-16(22)12-5-3-2-4-6-12/h2-8,10H,9H2,1H3,(H,18,22)(H,19,20,21). The lowest BCUT2D eigenvalue weighted by Gasteiger charge is -2.04. The Bertz CT molecular complexity index is 856. The average Bonchev–Trinajstić information content (AvgIpc) is 3.22. The first-order valence-corrected chi connectivity index (χ1v) is 8.97. The summed E-state index contributed by atoms with van der Waals surface area (Å²) in [5, 5.41) is 7.72. The lowest BCUT2D eigenvalue weighted by atomic mass is 10.2. The number of thiazole rings is 1. The fourth-order valence-electron chi connectivity index (χ4n) is 2.03. The molecule has 7 heteroatoms. The number of aryl methyl sites for hydroxylation is 1. The molecule has 2 amide bonds. The maximum atomic E-state index is 11.9. The van der Waals surface area contributed by atoms with Crippen LogP contribution >= 0.6 is 22.7 Å². The van der Waals surface area contributed by atoms with Crippen LogP contribution in [-0.2, 0) is 4.79 Å². The molecule has 0 aliphatic carbocycles. The van der Waals surface area contributed by atoms with Gasteiger partial charge < -0.3 is 10.6 Å². The highest BCUT2D eigenvalue weighted by atomic mass is 32.1. The Labute approximate surface area is 147 Å². The summed E-state index contributed by atoms with van der Waals surface area (Å²) in [4.78, 5) is 30.5. The van der Waals surface area contributed by atoms with E-state index in [0.717, 1.165) is 10.6 Å². The molecule has 0 bridgehead atoms. The van der Waals surface area contributed by atoms with Crippen LogP contribution in [0, 0.1) is 6.92 Å². The van der Waals surface area contributed by atoms with Gasteiger partial charge >= 0.3 is 0 Å². The predicted molar refractivity (Wildman–Crippen MR) is 97.6 cm³/mol. The van der Waals surface area contributed by atoms with Gasteiger partial charge in [0.2, 0.25) is 5.91 Å². The molecule has 2 aromatic heterocycles. The van der Waals surface area contributed by atoms with Crippen LogP contribution in [0.2, 0.25) is 0 Å². The summed E-state index contributed by atoms with van der Waals surface area (Å²) in [5.41, 5.74) is 1.37. The molecule has 2 heterocycles. The molecule has 0 unspecified atom stereocenters. The van der Waals surface area contributed by atoms with Crippen molar-refractivity contribution in [1.82, 2.24) is 10.3 Å². The number of amides is 2. The van der Waals surface area contributed by atoms with Gasteiger partial charge in [-0.1, -0.05) is 18.2 Å². The SMILES string of the molecule is Cc1ccc(-c2csc(NC(=O)CNC(=O)c3ccccc3)n2)s1. The average molecular weight is 357 g/mol. The number of hydrogen-bond acceptors (Lipinski definition) is 5. The first-order valence-electron chi connectivity index (χ1n) is 7.27. The minimum absolute atomic E-state index is 0.0965. The summed E-state index contributed by atoms with van der Waals surface area (Å²) in [5.74, 6) is -0.581. The van der Waals surface area contributed by atoms with Crippen molar-refractivity contribution in [3.63, 3.8) is 0 Å². The minimum atomic E-state index is -0.303. The minimum Gasteiger partial charge on any atom is -0.343 e. The second-order valence-electron chi connectivity index (χ2n) is 5.05. The van der Waals surface area contributed by atoms with Crippen molar-refractivity contribution in [1.29, 1.82) is 0 Å². The first kappa shape index (κ1) is 16.4. The van der Waals surface area contributed by atoms with Gasteiger partial charge in [-0.25, -0.2) is 4.98 Å². The Morgan fingerprint density at radius 2 is 1.92 bits per heavy atom. The zero-order valence-corrected chi connectivity index (χ0v) is 14.5. The quantitative estimate of drug-likeness (QED) is 0.733. The van der Waals surface area contributed by atoms with Crippen molar-refractivity contribution < 1.29 is 9.59 Å². The fraction of sp³-hybridized carbons (Fsp3) is 0.118. The van der Waals surface area contributed by atoms with E-state index in [1.165, 1.54) is 16.2 Å². The van der Waals surface area contributed by atoms with Crippen LogP contribution < -0.4 is 10.6 Å². The molecule has 3 aromatic rings. The zero-order valence-electron chi connectivity index (χ0n) is 12.9. The Morgan fingerprint density at radius 3 is 2.62 bits per heavy atom. The molecule has 0 spiro atoms. The van der Waals surface area contributed by atoms with Gasteiger partial charge in [0.1, 0.15) is 0 Å². The van der Waals surface area contributed by atoms with Gasteiger partial charge in [-0.2, -0.15) is 0 Å². The summed E-state index contributed by atoms with van der Waals surface area (Å²) < 4.78 is 0. The smallest absolute Gasteiger partial charge is 0.251 e. The van der Waals surface area contributed by atoms with E-state index in [1.807, 2.05) is 30.5 Å². The van der Waals surface area contributed by atoms with Crippen LogP contribution in [0.4, 0.5) is 5.13 Å². The van der Waals surface area contributed by atoms with E-state index in [9.17, 15) is 9.59 Å². The number of nitrogens with one attached hydrogen (secondary N) is 2. The van der Waals surface area contributed by atoms with Crippen LogP contribution in [-0.4, -0.2) is 23.3 Å². The number of anilines is 1. The molecule has 0 radical (unpaired) electrons. The lowest BCUT2D eigenvalue weighted by Crippen LogP contribution is -2.32. The Hall–Kier alpha value is -2.51. The van der Waals surface area contributed by atoms with E-state index in [-0.39, 0.29) is 18.4 Å². The van der Waals surface area contributed by atoms with Crippen LogP contribution in [0.3, 0.4) is 0 Å². The molecule has 24 heavy (non-hydrogen) atoms. The van der Waals surface area contributed by atoms with Crippen LogP contribution in [0.5, 0.6) is 0 Å². The normalized spacial score (nSPS) is 10.4. The van der Waals surface area contributed by atoms with Crippen molar-refractivity contribution in [3.8, 4) is 10.6 Å². The number of benzene rings is 1. The third kappa shape index (κ3) is 4.06. The molecule has 3 rings (SSSR count). The van der Waals surface area contributed by atoms with Crippen LogP contribution in [0.1, 0.15) is 15.2 Å². The Balaban J connectivity index is 1.54. The summed E-state index contributed by atoms with van der Waals surface area (Å²) in [6, 6.07) is 12.8. The number of hydrogen-bond donors (Lipinski definition) is 2. The fourth-order valence-corrected chi connectivity index (χ4v) is 3.66. The third-order valence-corrected chi connectivity index (χ3v) is 4.97. The van der Waals surface area contributed by atoms with Gasteiger partial charge in [0.25, 0.3) is 5.91 Å². The van der Waals surface area contributed by atoms with Gasteiger partial charge in [0.05, 0.1) is 17.1 Å². The number of aromatic nitrogens is 1. The zero-order chi connectivity index (χ0) is 16.9. The Kier molecular flexibility index (Phi) is 5.02. The highest BCUT2D eigenvalue weighted by Crippen LogP contribution is 2.30. The monoisotopic (exact) mass is 357 g/mol. The molecule has 2 N–H and O–H groups in total. The highest BCUT2D eigenvalue weighted by Gasteiger charge is 2.11. The summed E-state index contributed by atoms with van der Waals surface area (Å²) in [6.07, 6.45) is 0. The number of rotatable bonds is 5. The number of carbonyl (C=O) groups is 2. The molecule has 0 aliphatic heterocycles. The highest BCUT2D eigenvalue weighted by molar-refractivity contribution is 7.17. The maximum absolute atomic E-state index is 11.9. The largest absolute Gasteiger partial charge is 0.343 e.